The summed E-state index contributed by atoms with van der Waals surface area (Å²) in [5, 5.41) is 0.0179. The molecule has 1 saturated carbocycles. The van der Waals surface area contributed by atoms with Crippen molar-refractivity contribution >= 4 is 27.5 Å². The minimum absolute atomic E-state index is 0.0179. The minimum Gasteiger partial charge on any atom is -0.496 e. The van der Waals surface area contributed by atoms with Gasteiger partial charge < -0.3 is 4.74 Å². The van der Waals surface area contributed by atoms with E-state index in [1.54, 1.807) is 7.11 Å². The van der Waals surface area contributed by atoms with Crippen LogP contribution in [0, 0.1) is 18.3 Å². The summed E-state index contributed by atoms with van der Waals surface area (Å²) in [6.07, 6.45) is 3.74. The van der Waals surface area contributed by atoms with Crippen molar-refractivity contribution in [3.63, 3.8) is 0 Å². The van der Waals surface area contributed by atoms with E-state index in [1.165, 1.54) is 24.8 Å². The Balaban J connectivity index is 2.38. The average molecular weight is 346 g/mol. The molecule has 0 heterocycles. The van der Waals surface area contributed by atoms with Crippen LogP contribution in [0.2, 0.25) is 0 Å². The van der Waals surface area contributed by atoms with Crippen molar-refractivity contribution in [2.24, 2.45) is 11.3 Å². The van der Waals surface area contributed by atoms with Gasteiger partial charge in [0.05, 0.1) is 12.5 Å². The van der Waals surface area contributed by atoms with E-state index in [1.807, 2.05) is 0 Å². The zero-order valence-electron chi connectivity index (χ0n) is 12.1. The second-order valence-corrected chi connectivity index (χ2v) is 7.56. The molecule has 0 saturated heterocycles. The van der Waals surface area contributed by atoms with Crippen LogP contribution in [-0.2, 0) is 0 Å². The number of alkyl halides is 1. The van der Waals surface area contributed by atoms with Gasteiger partial charge in [0, 0.05) is 10.0 Å². The van der Waals surface area contributed by atoms with Crippen molar-refractivity contribution in [2.45, 2.75) is 45.4 Å². The third kappa shape index (κ3) is 2.95. The highest BCUT2D eigenvalue weighted by Gasteiger charge is 2.40. The summed E-state index contributed by atoms with van der Waals surface area (Å²) in [5.41, 5.74) is 2.60. The smallest absolute Gasteiger partial charge is 0.123 e. The molecule has 2 atom stereocenters. The van der Waals surface area contributed by atoms with Crippen molar-refractivity contribution in [3.05, 3.63) is 27.7 Å². The molecule has 1 fully saturated rings. The summed E-state index contributed by atoms with van der Waals surface area (Å²) in [6, 6.07) is 4.19. The number of rotatable bonds is 3. The molecule has 1 aliphatic carbocycles. The zero-order valence-corrected chi connectivity index (χ0v) is 14.4. The van der Waals surface area contributed by atoms with Gasteiger partial charge in [0.1, 0.15) is 5.75 Å². The fourth-order valence-corrected chi connectivity index (χ4v) is 4.17. The SMILES string of the molecule is COc1cc(C)c(Br)cc1C(Cl)C1CCCC1(C)C. The predicted octanol–water partition coefficient (Wildman–Crippen LogP) is 5.87. The van der Waals surface area contributed by atoms with E-state index in [0.29, 0.717) is 11.3 Å². The van der Waals surface area contributed by atoms with Gasteiger partial charge in [-0.05, 0) is 48.8 Å². The molecule has 0 radical (unpaired) electrons. The van der Waals surface area contributed by atoms with E-state index in [2.05, 4.69) is 48.8 Å². The molecule has 0 spiro atoms. The van der Waals surface area contributed by atoms with Crippen LogP contribution in [0.15, 0.2) is 16.6 Å². The second-order valence-electron chi connectivity index (χ2n) is 6.23. The molecule has 0 N–H and O–H groups in total. The van der Waals surface area contributed by atoms with Crippen molar-refractivity contribution in [1.29, 1.82) is 0 Å². The maximum absolute atomic E-state index is 6.80. The topological polar surface area (TPSA) is 9.23 Å². The lowest BCUT2D eigenvalue weighted by molar-refractivity contribution is 0.250. The lowest BCUT2D eigenvalue weighted by Crippen LogP contribution is -2.22. The summed E-state index contributed by atoms with van der Waals surface area (Å²) in [5.74, 6) is 1.42. The minimum atomic E-state index is 0.0179. The number of methoxy groups -OCH3 is 1. The molecule has 2 unspecified atom stereocenters. The van der Waals surface area contributed by atoms with Crippen molar-refractivity contribution in [3.8, 4) is 5.75 Å². The summed E-state index contributed by atoms with van der Waals surface area (Å²) in [6.45, 7) is 6.73. The predicted molar refractivity (Wildman–Crippen MR) is 85.1 cm³/mol. The summed E-state index contributed by atoms with van der Waals surface area (Å²) in [4.78, 5) is 0. The van der Waals surface area contributed by atoms with Crippen molar-refractivity contribution < 1.29 is 4.74 Å². The Morgan fingerprint density at radius 2 is 2.11 bits per heavy atom. The van der Waals surface area contributed by atoms with Gasteiger partial charge in [-0.25, -0.2) is 0 Å². The van der Waals surface area contributed by atoms with Crippen LogP contribution >= 0.6 is 27.5 Å². The van der Waals surface area contributed by atoms with Gasteiger partial charge in [-0.2, -0.15) is 0 Å². The second kappa shape index (κ2) is 5.65. The van der Waals surface area contributed by atoms with Crippen LogP contribution in [0.1, 0.15) is 49.6 Å². The van der Waals surface area contributed by atoms with Crippen LogP contribution < -0.4 is 4.74 Å². The molecular weight excluding hydrogens is 324 g/mol. The van der Waals surface area contributed by atoms with Gasteiger partial charge in [-0.15, -0.1) is 11.6 Å². The van der Waals surface area contributed by atoms with Gasteiger partial charge in [-0.1, -0.05) is 36.2 Å². The van der Waals surface area contributed by atoms with Crippen molar-refractivity contribution in [2.75, 3.05) is 7.11 Å². The van der Waals surface area contributed by atoms with E-state index < -0.39 is 0 Å². The maximum Gasteiger partial charge on any atom is 0.123 e. The number of ether oxygens (including phenoxy) is 1. The molecule has 0 bridgehead atoms. The van der Waals surface area contributed by atoms with Gasteiger partial charge >= 0.3 is 0 Å². The molecule has 0 aliphatic heterocycles. The Bertz CT molecular complexity index is 470. The summed E-state index contributed by atoms with van der Waals surface area (Å²) >= 11 is 10.4. The van der Waals surface area contributed by atoms with Gasteiger partial charge in [0.2, 0.25) is 0 Å². The van der Waals surface area contributed by atoms with Gasteiger partial charge in [0.15, 0.2) is 0 Å². The molecule has 0 aromatic heterocycles. The number of hydrogen-bond donors (Lipinski definition) is 0. The first kappa shape index (κ1) is 15.2. The fourth-order valence-electron chi connectivity index (χ4n) is 3.18. The number of halogens is 2. The highest BCUT2D eigenvalue weighted by molar-refractivity contribution is 9.10. The van der Waals surface area contributed by atoms with Crippen LogP contribution in [0.3, 0.4) is 0 Å². The number of aryl methyl sites for hydroxylation is 1. The molecule has 1 nitrogen and oxygen atoms in total. The molecule has 19 heavy (non-hydrogen) atoms. The molecule has 3 heteroatoms. The Morgan fingerprint density at radius 3 is 2.63 bits per heavy atom. The van der Waals surface area contributed by atoms with E-state index in [4.69, 9.17) is 16.3 Å². The number of benzene rings is 1. The Labute approximate surface area is 129 Å². The first-order valence-corrected chi connectivity index (χ1v) is 8.08. The first-order valence-electron chi connectivity index (χ1n) is 6.85. The van der Waals surface area contributed by atoms with E-state index in [0.717, 1.165) is 15.8 Å². The fraction of sp³-hybridized carbons (Fsp3) is 0.625. The Kier molecular flexibility index (Phi) is 4.52. The number of hydrogen-bond acceptors (Lipinski definition) is 1. The van der Waals surface area contributed by atoms with E-state index >= 15 is 0 Å². The normalized spacial score (nSPS) is 23.4. The summed E-state index contributed by atoms with van der Waals surface area (Å²) < 4.78 is 6.63. The summed E-state index contributed by atoms with van der Waals surface area (Å²) in [7, 11) is 1.72. The Morgan fingerprint density at radius 1 is 1.42 bits per heavy atom. The average Bonchev–Trinajstić information content (AvgIpc) is 2.71. The molecule has 1 aliphatic rings. The van der Waals surface area contributed by atoms with Gasteiger partial charge in [-0.3, -0.25) is 0 Å². The van der Waals surface area contributed by atoms with Crippen LogP contribution in [0.25, 0.3) is 0 Å². The Hall–Kier alpha value is -0.210. The quantitative estimate of drug-likeness (QED) is 0.622. The third-order valence-electron chi connectivity index (χ3n) is 4.50. The third-order valence-corrected chi connectivity index (χ3v) is 5.89. The molecule has 1 aromatic carbocycles. The molecule has 0 amide bonds. The monoisotopic (exact) mass is 344 g/mol. The zero-order chi connectivity index (χ0) is 14.2. The highest BCUT2D eigenvalue weighted by atomic mass is 79.9. The standard InChI is InChI=1S/C16H22BrClO/c1-10-8-14(19-4)11(9-13(10)17)15(18)12-6-5-7-16(12,2)3/h8-9,12,15H,5-7H2,1-4H3. The van der Waals surface area contributed by atoms with E-state index in [9.17, 15) is 0 Å². The first-order chi connectivity index (χ1) is 8.86. The van der Waals surface area contributed by atoms with Crippen LogP contribution in [0.5, 0.6) is 5.75 Å². The molecule has 1 aromatic rings. The van der Waals surface area contributed by atoms with Crippen LogP contribution in [-0.4, -0.2) is 7.11 Å². The molecular formula is C16H22BrClO. The molecule has 106 valence electrons. The van der Waals surface area contributed by atoms with Crippen molar-refractivity contribution in [1.82, 2.24) is 0 Å². The lowest BCUT2D eigenvalue weighted by Gasteiger charge is -2.31. The van der Waals surface area contributed by atoms with Crippen LogP contribution in [0.4, 0.5) is 0 Å². The van der Waals surface area contributed by atoms with E-state index in [-0.39, 0.29) is 5.38 Å². The molecule has 2 rings (SSSR count). The lowest BCUT2D eigenvalue weighted by atomic mass is 9.78. The largest absolute Gasteiger partial charge is 0.496 e. The maximum atomic E-state index is 6.80. The van der Waals surface area contributed by atoms with Gasteiger partial charge in [0.25, 0.3) is 0 Å². The highest BCUT2D eigenvalue weighted by Crippen LogP contribution is 2.52.